The third-order valence-electron chi connectivity index (χ3n) is 3.42. The van der Waals surface area contributed by atoms with Crippen LogP contribution in [0.4, 0.5) is 0 Å². The van der Waals surface area contributed by atoms with Crippen LogP contribution in [0.1, 0.15) is 31.7 Å². The van der Waals surface area contributed by atoms with Crippen LogP contribution in [0.15, 0.2) is 24.5 Å². The number of hydrogen-bond donors (Lipinski definition) is 0. The summed E-state index contributed by atoms with van der Waals surface area (Å²) in [7, 11) is 0. The Balaban J connectivity index is 1.85. The van der Waals surface area contributed by atoms with Crippen LogP contribution in [0.3, 0.4) is 0 Å². The highest BCUT2D eigenvalue weighted by molar-refractivity contribution is 7.99. The molecular formula is C14H22N2S. The van der Waals surface area contributed by atoms with Gasteiger partial charge in [-0.05, 0) is 49.8 Å². The Hall–Kier alpha value is -0.540. The molecule has 2 nitrogen and oxygen atoms in total. The zero-order chi connectivity index (χ0) is 12.1. The van der Waals surface area contributed by atoms with Crippen molar-refractivity contribution in [1.82, 2.24) is 9.88 Å². The van der Waals surface area contributed by atoms with Gasteiger partial charge in [-0.1, -0.05) is 6.92 Å². The SMILES string of the molecule is CS[C@@H](C)CCN(Cc1ccncc1)C1CC1. The third kappa shape index (κ3) is 4.32. The lowest BCUT2D eigenvalue weighted by atomic mass is 10.2. The molecule has 0 amide bonds. The first kappa shape index (κ1) is 12.9. The molecule has 1 atom stereocenters. The fourth-order valence-corrected chi connectivity index (χ4v) is 2.36. The van der Waals surface area contributed by atoms with Crippen molar-refractivity contribution in [3.63, 3.8) is 0 Å². The molecule has 1 aliphatic carbocycles. The number of hydrogen-bond acceptors (Lipinski definition) is 3. The Morgan fingerprint density at radius 3 is 2.71 bits per heavy atom. The maximum atomic E-state index is 4.08. The molecule has 0 saturated heterocycles. The van der Waals surface area contributed by atoms with E-state index in [-0.39, 0.29) is 0 Å². The van der Waals surface area contributed by atoms with Gasteiger partial charge in [0.25, 0.3) is 0 Å². The maximum Gasteiger partial charge on any atom is 0.0271 e. The lowest BCUT2D eigenvalue weighted by Gasteiger charge is -2.23. The van der Waals surface area contributed by atoms with Gasteiger partial charge in [0.2, 0.25) is 0 Å². The van der Waals surface area contributed by atoms with Gasteiger partial charge in [-0.2, -0.15) is 11.8 Å². The fourth-order valence-electron chi connectivity index (χ4n) is 2.02. The molecule has 94 valence electrons. The molecule has 1 fully saturated rings. The first-order valence-electron chi connectivity index (χ1n) is 6.45. The van der Waals surface area contributed by atoms with Crippen molar-refractivity contribution in [1.29, 1.82) is 0 Å². The van der Waals surface area contributed by atoms with Crippen molar-refractivity contribution < 1.29 is 0 Å². The molecule has 1 aromatic heterocycles. The molecule has 0 unspecified atom stereocenters. The van der Waals surface area contributed by atoms with E-state index in [9.17, 15) is 0 Å². The minimum Gasteiger partial charge on any atom is -0.296 e. The van der Waals surface area contributed by atoms with Crippen LogP contribution >= 0.6 is 11.8 Å². The van der Waals surface area contributed by atoms with Crippen molar-refractivity contribution >= 4 is 11.8 Å². The summed E-state index contributed by atoms with van der Waals surface area (Å²) in [6.45, 7) is 4.64. The van der Waals surface area contributed by atoms with E-state index in [1.165, 1.54) is 31.4 Å². The Morgan fingerprint density at radius 2 is 2.12 bits per heavy atom. The molecule has 3 heteroatoms. The predicted octanol–water partition coefficient (Wildman–Crippen LogP) is 3.19. The van der Waals surface area contributed by atoms with Gasteiger partial charge in [0, 0.05) is 30.2 Å². The van der Waals surface area contributed by atoms with Crippen LogP contribution in [0.25, 0.3) is 0 Å². The van der Waals surface area contributed by atoms with Gasteiger partial charge in [-0.3, -0.25) is 9.88 Å². The van der Waals surface area contributed by atoms with Crippen LogP contribution in [-0.4, -0.2) is 34.0 Å². The summed E-state index contributed by atoms with van der Waals surface area (Å²) in [5, 5.41) is 0.772. The third-order valence-corrected chi connectivity index (χ3v) is 4.46. The zero-order valence-corrected chi connectivity index (χ0v) is 11.6. The van der Waals surface area contributed by atoms with Crippen molar-refractivity contribution in [2.45, 2.75) is 44.0 Å². The smallest absolute Gasteiger partial charge is 0.0271 e. The molecule has 0 N–H and O–H groups in total. The molecular weight excluding hydrogens is 228 g/mol. The summed E-state index contributed by atoms with van der Waals surface area (Å²) in [5.74, 6) is 0. The molecule has 17 heavy (non-hydrogen) atoms. The van der Waals surface area contributed by atoms with Gasteiger partial charge in [-0.25, -0.2) is 0 Å². The summed E-state index contributed by atoms with van der Waals surface area (Å²) in [6.07, 6.45) is 10.1. The molecule has 0 spiro atoms. The van der Waals surface area contributed by atoms with Crippen molar-refractivity contribution in [3.05, 3.63) is 30.1 Å². The standard InChI is InChI=1S/C14H22N2S/c1-12(17-2)7-10-16(14-3-4-14)11-13-5-8-15-9-6-13/h5-6,8-9,12,14H,3-4,7,10-11H2,1-2H3/t12-/m0/s1. The van der Waals surface area contributed by atoms with Crippen molar-refractivity contribution in [2.75, 3.05) is 12.8 Å². The second kappa shape index (κ2) is 6.41. The highest BCUT2D eigenvalue weighted by Gasteiger charge is 2.28. The topological polar surface area (TPSA) is 16.1 Å². The Labute approximate surface area is 109 Å². The maximum absolute atomic E-state index is 4.08. The molecule has 1 heterocycles. The van der Waals surface area contributed by atoms with Crippen LogP contribution in [-0.2, 0) is 6.54 Å². The highest BCUT2D eigenvalue weighted by atomic mass is 32.2. The van der Waals surface area contributed by atoms with Crippen LogP contribution < -0.4 is 0 Å². The largest absolute Gasteiger partial charge is 0.296 e. The summed E-state index contributed by atoms with van der Waals surface area (Å²) >= 11 is 1.97. The minimum atomic E-state index is 0.772. The molecule has 0 radical (unpaired) electrons. The van der Waals surface area contributed by atoms with Gasteiger partial charge >= 0.3 is 0 Å². The quantitative estimate of drug-likeness (QED) is 0.739. The molecule has 1 aliphatic rings. The number of thioether (sulfide) groups is 1. The first-order valence-corrected chi connectivity index (χ1v) is 7.74. The molecule has 1 aromatic rings. The Morgan fingerprint density at radius 1 is 1.41 bits per heavy atom. The zero-order valence-electron chi connectivity index (χ0n) is 10.8. The molecule has 2 rings (SSSR count). The van der Waals surface area contributed by atoms with E-state index in [4.69, 9.17) is 0 Å². The van der Waals surface area contributed by atoms with E-state index < -0.39 is 0 Å². The first-order chi connectivity index (χ1) is 8.29. The van der Waals surface area contributed by atoms with Gasteiger partial charge in [0.1, 0.15) is 0 Å². The van der Waals surface area contributed by atoms with Crippen LogP contribution in [0.2, 0.25) is 0 Å². The number of rotatable bonds is 7. The van der Waals surface area contributed by atoms with E-state index in [2.05, 4.69) is 35.2 Å². The van der Waals surface area contributed by atoms with E-state index in [0.717, 1.165) is 17.8 Å². The lowest BCUT2D eigenvalue weighted by molar-refractivity contribution is 0.252. The summed E-state index contributed by atoms with van der Waals surface area (Å²) in [5.41, 5.74) is 1.39. The van der Waals surface area contributed by atoms with E-state index in [0.29, 0.717) is 0 Å². The minimum absolute atomic E-state index is 0.772. The average Bonchev–Trinajstić information content (AvgIpc) is 3.19. The normalized spacial score (nSPS) is 17.4. The molecule has 0 bridgehead atoms. The van der Waals surface area contributed by atoms with Gasteiger partial charge < -0.3 is 0 Å². The fraction of sp³-hybridized carbons (Fsp3) is 0.643. The molecule has 0 aliphatic heterocycles. The summed E-state index contributed by atoms with van der Waals surface area (Å²) in [6, 6.07) is 5.11. The van der Waals surface area contributed by atoms with E-state index >= 15 is 0 Å². The van der Waals surface area contributed by atoms with Crippen LogP contribution in [0, 0.1) is 0 Å². The van der Waals surface area contributed by atoms with Gasteiger partial charge in [-0.15, -0.1) is 0 Å². The van der Waals surface area contributed by atoms with Gasteiger partial charge in [0.05, 0.1) is 0 Å². The van der Waals surface area contributed by atoms with E-state index in [1.54, 1.807) is 0 Å². The Kier molecular flexibility index (Phi) is 4.86. The van der Waals surface area contributed by atoms with Gasteiger partial charge in [0.15, 0.2) is 0 Å². The predicted molar refractivity (Wildman–Crippen MR) is 75.3 cm³/mol. The summed E-state index contributed by atoms with van der Waals surface area (Å²) < 4.78 is 0. The number of nitrogens with zero attached hydrogens (tertiary/aromatic N) is 2. The molecule has 1 saturated carbocycles. The summed E-state index contributed by atoms with van der Waals surface area (Å²) in [4.78, 5) is 6.72. The second-order valence-electron chi connectivity index (χ2n) is 4.89. The Bertz CT molecular complexity index is 324. The average molecular weight is 250 g/mol. The number of aromatic nitrogens is 1. The van der Waals surface area contributed by atoms with Crippen molar-refractivity contribution in [2.24, 2.45) is 0 Å². The molecule has 0 aromatic carbocycles. The van der Waals surface area contributed by atoms with Crippen molar-refractivity contribution in [3.8, 4) is 0 Å². The highest BCUT2D eigenvalue weighted by Crippen LogP contribution is 2.29. The second-order valence-corrected chi connectivity index (χ2v) is 6.17. The number of pyridine rings is 1. The lowest BCUT2D eigenvalue weighted by Crippen LogP contribution is -2.28. The van der Waals surface area contributed by atoms with E-state index in [1.807, 2.05) is 24.2 Å². The van der Waals surface area contributed by atoms with Crippen LogP contribution in [0.5, 0.6) is 0 Å². The monoisotopic (exact) mass is 250 g/mol.